The highest BCUT2D eigenvalue weighted by atomic mass is 35.5. The number of alkyl carbamates (subject to hydrolysis) is 1. The van der Waals surface area contributed by atoms with Gasteiger partial charge in [-0.1, -0.05) is 42.3 Å². The third-order valence-corrected chi connectivity index (χ3v) is 12.5. The Morgan fingerprint density at radius 3 is 2.23 bits per heavy atom. The number of fused-ring (bicyclic) bond motifs is 4. The van der Waals surface area contributed by atoms with Crippen molar-refractivity contribution in [2.75, 3.05) is 52.7 Å². The zero-order valence-electron chi connectivity index (χ0n) is 33.3. The number of allylic oxidation sites excluding steroid dienone is 2. The van der Waals surface area contributed by atoms with Crippen molar-refractivity contribution < 1.29 is 28.6 Å². The first-order valence-corrected chi connectivity index (χ1v) is 21.5. The maximum Gasteiger partial charge on any atom is 0.407 e. The third kappa shape index (κ3) is 11.7. The summed E-state index contributed by atoms with van der Waals surface area (Å²) in [5.74, 6) is 3.14. The molecular formula is C42H56ClN7O6S. The second-order valence-corrected chi connectivity index (χ2v) is 16.6. The van der Waals surface area contributed by atoms with E-state index in [2.05, 4.69) is 52.1 Å². The quantitative estimate of drug-likeness (QED) is 0.0837. The summed E-state index contributed by atoms with van der Waals surface area (Å²) in [6.07, 6.45) is 11.8. The highest BCUT2D eigenvalue weighted by Gasteiger charge is 2.49. The average Bonchev–Trinajstić information content (AvgIpc) is 3.57. The molecule has 2 unspecified atom stereocenters. The summed E-state index contributed by atoms with van der Waals surface area (Å²) in [4.78, 5) is 43.7. The van der Waals surface area contributed by atoms with E-state index < -0.39 is 6.04 Å². The molecule has 13 nitrogen and oxygen atoms in total. The normalized spacial score (nSPS) is 20.1. The lowest BCUT2D eigenvalue weighted by Gasteiger charge is -2.13. The summed E-state index contributed by atoms with van der Waals surface area (Å²) in [5.41, 5.74) is 3.88. The van der Waals surface area contributed by atoms with Crippen LogP contribution in [0.4, 0.5) is 4.79 Å². The molecule has 15 heteroatoms. The fourth-order valence-corrected chi connectivity index (χ4v) is 9.10. The predicted molar refractivity (Wildman–Crippen MR) is 221 cm³/mol. The highest BCUT2D eigenvalue weighted by Crippen LogP contribution is 2.52. The first-order chi connectivity index (χ1) is 27.7. The van der Waals surface area contributed by atoms with Gasteiger partial charge in [0.15, 0.2) is 5.82 Å². The average molecular weight is 822 g/mol. The lowest BCUT2D eigenvalue weighted by atomic mass is 9.99. The second-order valence-electron chi connectivity index (χ2n) is 15.0. The number of unbranched alkanes of at least 4 members (excludes halogenated alkanes) is 2. The van der Waals surface area contributed by atoms with Crippen molar-refractivity contribution in [3.63, 3.8) is 0 Å². The van der Waals surface area contributed by atoms with Crippen molar-refractivity contribution >= 4 is 46.6 Å². The summed E-state index contributed by atoms with van der Waals surface area (Å²) in [5, 5.41) is 19.1. The van der Waals surface area contributed by atoms with E-state index in [1.165, 1.54) is 17.7 Å². The van der Waals surface area contributed by atoms with Crippen molar-refractivity contribution in [3.05, 3.63) is 74.7 Å². The van der Waals surface area contributed by atoms with Crippen LogP contribution in [0, 0.1) is 38.5 Å². The van der Waals surface area contributed by atoms with Crippen LogP contribution in [0.3, 0.4) is 0 Å². The number of aliphatic imine (C=N–C) groups is 1. The van der Waals surface area contributed by atoms with Crippen molar-refractivity contribution in [2.45, 2.75) is 84.6 Å². The minimum atomic E-state index is -0.542. The predicted octanol–water partition coefficient (Wildman–Crippen LogP) is 6.73. The zero-order valence-corrected chi connectivity index (χ0v) is 34.9. The molecule has 3 heterocycles. The van der Waals surface area contributed by atoms with Crippen LogP contribution in [0.5, 0.6) is 0 Å². The van der Waals surface area contributed by atoms with Gasteiger partial charge in [0.05, 0.1) is 45.2 Å². The highest BCUT2D eigenvalue weighted by molar-refractivity contribution is 7.15. The lowest BCUT2D eigenvalue weighted by molar-refractivity contribution is -0.122. The maximum atomic E-state index is 13.2. The number of thiophene rings is 1. The van der Waals surface area contributed by atoms with E-state index in [1.54, 1.807) is 11.3 Å². The van der Waals surface area contributed by atoms with Crippen LogP contribution in [-0.2, 0) is 23.8 Å². The zero-order chi connectivity index (χ0) is 40.1. The molecule has 3 aliphatic rings. The molecule has 0 bridgehead atoms. The number of carbonyl (C=O) groups is 3. The Morgan fingerprint density at radius 1 is 0.842 bits per heavy atom. The summed E-state index contributed by atoms with van der Waals surface area (Å²) >= 11 is 7.88. The van der Waals surface area contributed by atoms with Crippen LogP contribution in [-0.4, -0.2) is 91.1 Å². The maximum absolute atomic E-state index is 13.2. The molecule has 1 aliphatic heterocycles. The van der Waals surface area contributed by atoms with Crippen LogP contribution in [0.15, 0.2) is 41.4 Å². The lowest BCUT2D eigenvalue weighted by Crippen LogP contribution is -2.29. The Kier molecular flexibility index (Phi) is 15.7. The van der Waals surface area contributed by atoms with Crippen LogP contribution in [0.2, 0.25) is 5.02 Å². The van der Waals surface area contributed by atoms with Gasteiger partial charge in [-0.05, 0) is 94.7 Å². The van der Waals surface area contributed by atoms with Crippen molar-refractivity contribution in [2.24, 2.45) is 22.7 Å². The Morgan fingerprint density at radius 2 is 1.53 bits per heavy atom. The molecule has 3 N–H and O–H groups in total. The molecule has 308 valence electrons. The minimum absolute atomic E-state index is 0.0157. The molecule has 2 aromatic heterocycles. The molecular weight excluding hydrogens is 766 g/mol. The number of nitrogens with one attached hydrogen (secondary N) is 3. The number of rotatable bonds is 20. The molecule has 3 amide bonds. The molecule has 1 aromatic carbocycles. The number of hydrogen-bond donors (Lipinski definition) is 3. The minimum Gasteiger partial charge on any atom is -0.449 e. The van der Waals surface area contributed by atoms with E-state index >= 15 is 0 Å². The van der Waals surface area contributed by atoms with Crippen LogP contribution < -0.4 is 16.0 Å². The summed E-state index contributed by atoms with van der Waals surface area (Å²) in [6, 6.07) is 7.06. The van der Waals surface area contributed by atoms with E-state index in [0.717, 1.165) is 65.3 Å². The standard InChI is InChI=1S/C42H56ClN7O6S/c1-27-28(2)57-41-38(27)39(30-14-16-31(43)17-15-30)47-35(40-49-48-29(3)50(40)41)25-37(52)45-20-22-55-24-23-54-21-19-44-36(51)13-9-6-10-18-46-42(53)56-26-34-32-11-7-4-5-8-12-33(32)34/h4-5,14-17,32-35H,6-13,18-26H2,1-3H3,(H,44,51)(H,45,52)(H,46,53)/b5-4+/t32?,33?,34?,35-/m0/s1. The molecule has 0 saturated heterocycles. The Balaban J connectivity index is 0.794. The smallest absolute Gasteiger partial charge is 0.407 e. The summed E-state index contributed by atoms with van der Waals surface area (Å²) in [7, 11) is 0. The summed E-state index contributed by atoms with van der Waals surface area (Å²) in [6.45, 7) is 9.39. The first kappa shape index (κ1) is 42.5. The molecule has 1 saturated carbocycles. The number of halogens is 1. The van der Waals surface area contributed by atoms with Crippen molar-refractivity contribution in [1.29, 1.82) is 0 Å². The number of ether oxygens (including phenoxy) is 3. The van der Waals surface area contributed by atoms with E-state index in [9.17, 15) is 14.4 Å². The van der Waals surface area contributed by atoms with Gasteiger partial charge >= 0.3 is 6.09 Å². The SMILES string of the molecule is Cc1sc2c(c1C)C(c1ccc(Cl)cc1)=N[C@@H](CC(=O)NCCOCCOCCNC(=O)CCCCCNC(=O)OCC1C3CC/C=C/CCC31)c1nnc(C)n1-2. The third-order valence-electron chi connectivity index (χ3n) is 11.0. The van der Waals surface area contributed by atoms with Crippen LogP contribution in [0.25, 0.3) is 5.00 Å². The molecule has 1 fully saturated rings. The number of carbonyl (C=O) groups excluding carboxylic acids is 3. The Labute approximate surface area is 344 Å². The van der Waals surface area contributed by atoms with Gasteiger partial charge in [-0.25, -0.2) is 4.79 Å². The Bertz CT molecular complexity index is 1880. The molecule has 0 radical (unpaired) electrons. The number of nitrogens with zero attached hydrogens (tertiary/aromatic N) is 4. The number of amides is 3. The van der Waals surface area contributed by atoms with Crippen molar-refractivity contribution in [3.8, 4) is 5.00 Å². The van der Waals surface area contributed by atoms with E-state index in [0.29, 0.717) is 87.7 Å². The molecule has 57 heavy (non-hydrogen) atoms. The van der Waals surface area contributed by atoms with Crippen LogP contribution in [0.1, 0.15) is 97.0 Å². The molecule has 3 atom stereocenters. The van der Waals surface area contributed by atoms with Gasteiger partial charge < -0.3 is 30.2 Å². The monoisotopic (exact) mass is 821 g/mol. The van der Waals surface area contributed by atoms with Crippen LogP contribution >= 0.6 is 22.9 Å². The Hall–Kier alpha value is -4.11. The fraction of sp³-hybridized carbons (Fsp3) is 0.571. The van der Waals surface area contributed by atoms with Gasteiger partial charge in [0.25, 0.3) is 0 Å². The fourth-order valence-electron chi connectivity index (χ4n) is 7.76. The molecule has 3 aromatic rings. The van der Waals surface area contributed by atoms with E-state index in [-0.39, 0.29) is 24.3 Å². The number of aryl methyl sites for hydroxylation is 2. The first-order valence-electron chi connectivity index (χ1n) is 20.3. The van der Waals surface area contributed by atoms with Gasteiger partial charge in [0.2, 0.25) is 11.8 Å². The largest absolute Gasteiger partial charge is 0.449 e. The number of hydrogen-bond acceptors (Lipinski definition) is 10. The molecule has 0 spiro atoms. The van der Waals surface area contributed by atoms with Gasteiger partial charge in [-0.3, -0.25) is 19.1 Å². The van der Waals surface area contributed by atoms with E-state index in [4.69, 9.17) is 30.8 Å². The van der Waals surface area contributed by atoms with Gasteiger partial charge in [-0.2, -0.15) is 0 Å². The van der Waals surface area contributed by atoms with Gasteiger partial charge in [0, 0.05) is 47.1 Å². The van der Waals surface area contributed by atoms with Crippen molar-refractivity contribution in [1.82, 2.24) is 30.7 Å². The van der Waals surface area contributed by atoms with Gasteiger partial charge in [-0.15, -0.1) is 21.5 Å². The topological polar surface area (TPSA) is 158 Å². The molecule has 2 aliphatic carbocycles. The number of aromatic nitrogens is 3. The molecule has 6 rings (SSSR count). The summed E-state index contributed by atoms with van der Waals surface area (Å²) < 4.78 is 18.7. The van der Waals surface area contributed by atoms with E-state index in [1.807, 2.05) is 35.8 Å². The van der Waals surface area contributed by atoms with Gasteiger partial charge in [0.1, 0.15) is 16.9 Å². The second kappa shape index (κ2) is 21.1. The number of benzene rings is 1.